The van der Waals surface area contributed by atoms with Crippen LogP contribution in [0.15, 0.2) is 12.1 Å². The molecule has 0 saturated heterocycles. The molecule has 0 aliphatic rings. The Balaban J connectivity index is 0.00000196. The number of rotatable bonds is 3. The summed E-state index contributed by atoms with van der Waals surface area (Å²) in [7, 11) is 0. The van der Waals surface area contributed by atoms with Crippen molar-refractivity contribution < 1.29 is 17.9 Å². The van der Waals surface area contributed by atoms with E-state index in [9.17, 15) is 13.2 Å². The van der Waals surface area contributed by atoms with E-state index < -0.39 is 12.8 Å². The summed E-state index contributed by atoms with van der Waals surface area (Å²) in [5, 5.41) is 0.245. The summed E-state index contributed by atoms with van der Waals surface area (Å²) >= 11 is 1.13. The van der Waals surface area contributed by atoms with Gasteiger partial charge in [-0.15, -0.1) is 23.7 Å². The number of ether oxygens (including phenoxy) is 1. The molecule has 88 valence electrons. The number of hydrogen-bond acceptors (Lipinski definition) is 3. The highest BCUT2D eigenvalue weighted by Gasteiger charge is 2.28. The van der Waals surface area contributed by atoms with Crippen molar-refractivity contribution in [3.63, 3.8) is 0 Å². The molecule has 2 nitrogen and oxygen atoms in total. The van der Waals surface area contributed by atoms with Gasteiger partial charge in [-0.1, -0.05) is 0 Å². The van der Waals surface area contributed by atoms with Crippen LogP contribution in [-0.2, 0) is 0 Å². The molecule has 0 unspecified atom stereocenters. The molecule has 0 bridgehead atoms. The van der Waals surface area contributed by atoms with Gasteiger partial charge in [-0.25, -0.2) is 0 Å². The number of alkyl halides is 3. The van der Waals surface area contributed by atoms with Crippen molar-refractivity contribution in [2.45, 2.75) is 19.1 Å². The smallest absolute Gasteiger partial charge is 0.422 e. The Bertz CT molecular complexity index is 300. The van der Waals surface area contributed by atoms with Gasteiger partial charge in [0.15, 0.2) is 11.7 Å². The molecule has 0 amide bonds. The van der Waals surface area contributed by atoms with Gasteiger partial charge < -0.3 is 10.5 Å². The predicted molar refractivity (Wildman–Crippen MR) is 55.7 cm³/mol. The van der Waals surface area contributed by atoms with E-state index in [0.29, 0.717) is 0 Å². The first-order valence-electron chi connectivity index (χ1n) is 3.93. The van der Waals surface area contributed by atoms with Crippen LogP contribution in [0.4, 0.5) is 13.2 Å². The van der Waals surface area contributed by atoms with Crippen molar-refractivity contribution in [2.75, 3.05) is 6.61 Å². The Labute approximate surface area is 95.6 Å². The lowest BCUT2D eigenvalue weighted by atomic mass is 10.3. The highest BCUT2D eigenvalue weighted by atomic mass is 35.5. The summed E-state index contributed by atoms with van der Waals surface area (Å²) in [4.78, 5) is 0.808. The minimum atomic E-state index is -4.29. The Kier molecular flexibility index (Phi) is 5.41. The maximum atomic E-state index is 11.8. The van der Waals surface area contributed by atoms with E-state index in [1.165, 1.54) is 6.07 Å². The van der Waals surface area contributed by atoms with Crippen molar-refractivity contribution >= 4 is 23.7 Å². The number of nitrogens with two attached hydrogens (primary N) is 1. The lowest BCUT2D eigenvalue weighted by molar-refractivity contribution is -0.152. The standard InChI is InChI=1S/C8H10F3NOS.ClH/c1-5(12)6-2-3-7(14-6)13-4-8(9,10)11;/h2-3,5H,4,12H2,1H3;1H/t5-;/m1./s1. The van der Waals surface area contributed by atoms with Crippen LogP contribution < -0.4 is 10.5 Å². The molecule has 0 spiro atoms. The van der Waals surface area contributed by atoms with Crippen LogP contribution in [0.25, 0.3) is 0 Å². The summed E-state index contributed by atoms with van der Waals surface area (Å²) in [6.07, 6.45) is -4.29. The maximum absolute atomic E-state index is 11.8. The molecule has 1 aromatic heterocycles. The van der Waals surface area contributed by atoms with Crippen LogP contribution in [0.2, 0.25) is 0 Å². The molecule has 7 heteroatoms. The molecular weight excluding hydrogens is 251 g/mol. The number of thiophene rings is 1. The molecule has 1 atom stereocenters. The zero-order chi connectivity index (χ0) is 10.8. The summed E-state index contributed by atoms with van der Waals surface area (Å²) < 4.78 is 39.8. The van der Waals surface area contributed by atoms with Gasteiger partial charge >= 0.3 is 6.18 Å². The molecule has 0 aliphatic heterocycles. The largest absolute Gasteiger partial charge is 0.475 e. The van der Waals surface area contributed by atoms with Crippen LogP contribution in [-0.4, -0.2) is 12.8 Å². The fourth-order valence-electron chi connectivity index (χ4n) is 0.810. The summed E-state index contributed by atoms with van der Waals surface area (Å²) in [5.74, 6) is 0. The Morgan fingerprint density at radius 2 is 2.07 bits per heavy atom. The van der Waals surface area contributed by atoms with Crippen LogP contribution in [0, 0.1) is 0 Å². The van der Waals surface area contributed by atoms with Crippen LogP contribution in [0.3, 0.4) is 0 Å². The average Bonchev–Trinajstić information content (AvgIpc) is 2.47. The van der Waals surface area contributed by atoms with Gasteiger partial charge in [0.1, 0.15) is 0 Å². The van der Waals surface area contributed by atoms with Gasteiger partial charge in [0.2, 0.25) is 0 Å². The van der Waals surface area contributed by atoms with Gasteiger partial charge in [0, 0.05) is 10.9 Å². The molecule has 15 heavy (non-hydrogen) atoms. The van der Waals surface area contributed by atoms with Crippen LogP contribution in [0.5, 0.6) is 5.06 Å². The molecule has 1 rings (SSSR count). The predicted octanol–water partition coefficient (Wildman–Crippen LogP) is 3.13. The minimum Gasteiger partial charge on any atom is -0.475 e. The zero-order valence-corrected chi connectivity index (χ0v) is 9.51. The topological polar surface area (TPSA) is 35.2 Å². The summed E-state index contributed by atoms with van der Waals surface area (Å²) in [6, 6.07) is 2.99. The van der Waals surface area contributed by atoms with E-state index in [4.69, 9.17) is 5.73 Å². The van der Waals surface area contributed by atoms with E-state index in [1.807, 2.05) is 0 Å². The first-order valence-corrected chi connectivity index (χ1v) is 4.75. The van der Waals surface area contributed by atoms with Crippen molar-refractivity contribution in [3.8, 4) is 5.06 Å². The third-order valence-electron chi connectivity index (χ3n) is 1.43. The molecular formula is C8H11ClF3NOS. The normalized spacial score (nSPS) is 13.1. The lowest BCUT2D eigenvalue weighted by Crippen LogP contribution is -2.18. The molecule has 0 saturated carbocycles. The van der Waals surface area contributed by atoms with E-state index in [0.717, 1.165) is 16.2 Å². The van der Waals surface area contributed by atoms with E-state index in [1.54, 1.807) is 13.0 Å². The lowest BCUT2D eigenvalue weighted by Gasteiger charge is -2.06. The Hall–Kier alpha value is -0.460. The van der Waals surface area contributed by atoms with Crippen LogP contribution in [0.1, 0.15) is 17.8 Å². The van der Waals surface area contributed by atoms with Gasteiger partial charge in [-0.2, -0.15) is 13.2 Å². The molecule has 0 aliphatic carbocycles. The van der Waals surface area contributed by atoms with Crippen molar-refractivity contribution in [3.05, 3.63) is 17.0 Å². The van der Waals surface area contributed by atoms with Gasteiger partial charge in [-0.05, 0) is 19.1 Å². The summed E-state index contributed by atoms with van der Waals surface area (Å²) in [5.41, 5.74) is 5.54. The first-order chi connectivity index (χ1) is 6.38. The Morgan fingerprint density at radius 1 is 1.47 bits per heavy atom. The molecule has 0 fully saturated rings. The van der Waals surface area contributed by atoms with Gasteiger partial charge in [-0.3, -0.25) is 0 Å². The molecule has 2 N–H and O–H groups in total. The second-order valence-electron chi connectivity index (χ2n) is 2.85. The van der Waals surface area contributed by atoms with Crippen molar-refractivity contribution in [1.82, 2.24) is 0 Å². The summed E-state index contributed by atoms with van der Waals surface area (Å²) in [6.45, 7) is 0.505. The average molecular weight is 262 g/mol. The van der Waals surface area contributed by atoms with Crippen LogP contribution >= 0.6 is 23.7 Å². The monoisotopic (exact) mass is 261 g/mol. The quantitative estimate of drug-likeness (QED) is 0.907. The Morgan fingerprint density at radius 3 is 2.47 bits per heavy atom. The molecule has 1 heterocycles. The van der Waals surface area contributed by atoms with Gasteiger partial charge in [0.05, 0.1) is 0 Å². The fraction of sp³-hybridized carbons (Fsp3) is 0.500. The number of hydrogen-bond donors (Lipinski definition) is 1. The van der Waals surface area contributed by atoms with E-state index in [-0.39, 0.29) is 23.5 Å². The molecule has 0 aromatic carbocycles. The third-order valence-corrected chi connectivity index (χ3v) is 2.63. The van der Waals surface area contributed by atoms with Crippen molar-refractivity contribution in [2.24, 2.45) is 5.73 Å². The van der Waals surface area contributed by atoms with E-state index >= 15 is 0 Å². The third kappa shape index (κ3) is 5.25. The van der Waals surface area contributed by atoms with Crippen molar-refractivity contribution in [1.29, 1.82) is 0 Å². The highest BCUT2D eigenvalue weighted by Crippen LogP contribution is 2.29. The number of halogens is 4. The maximum Gasteiger partial charge on any atom is 0.422 e. The SMILES string of the molecule is C[C@@H](N)c1ccc(OCC(F)(F)F)s1.Cl. The minimum absolute atomic E-state index is 0. The molecule has 0 radical (unpaired) electrons. The zero-order valence-electron chi connectivity index (χ0n) is 7.88. The van der Waals surface area contributed by atoms with Gasteiger partial charge in [0.25, 0.3) is 0 Å². The second kappa shape index (κ2) is 5.58. The second-order valence-corrected chi connectivity index (χ2v) is 3.93. The first kappa shape index (κ1) is 14.5. The molecule has 1 aromatic rings. The van der Waals surface area contributed by atoms with E-state index in [2.05, 4.69) is 4.74 Å². The fourth-order valence-corrected chi connectivity index (χ4v) is 1.62. The highest BCUT2D eigenvalue weighted by molar-refractivity contribution is 7.13.